The molecule has 1 heterocycles. The van der Waals surface area contributed by atoms with Crippen LogP contribution < -0.4 is 9.64 Å². The van der Waals surface area contributed by atoms with Crippen molar-refractivity contribution in [3.05, 3.63) is 24.3 Å². The van der Waals surface area contributed by atoms with Crippen LogP contribution in [0.5, 0.6) is 5.75 Å². The highest BCUT2D eigenvalue weighted by molar-refractivity contribution is 5.58. The fraction of sp³-hybridized carbons (Fsp3) is 0.684. The van der Waals surface area contributed by atoms with Crippen LogP contribution in [0.2, 0.25) is 0 Å². The van der Waals surface area contributed by atoms with E-state index in [9.17, 15) is 0 Å². The highest BCUT2D eigenvalue weighted by Crippen LogP contribution is 2.27. The summed E-state index contributed by atoms with van der Waals surface area (Å²) in [4.78, 5) is 2.22. The van der Waals surface area contributed by atoms with Gasteiger partial charge in [0.25, 0.3) is 0 Å². The first-order valence-electron chi connectivity index (χ1n) is 9.18. The lowest BCUT2D eigenvalue weighted by atomic mass is 10.2. The second-order valence-electron chi connectivity index (χ2n) is 5.72. The Kier molecular flexibility index (Phi) is 11.1. The molecule has 0 atom stereocenters. The number of ether oxygens (including phenoxy) is 6. The van der Waals surface area contributed by atoms with E-state index < -0.39 is 0 Å². The van der Waals surface area contributed by atoms with Gasteiger partial charge in [-0.25, -0.2) is 0 Å². The van der Waals surface area contributed by atoms with E-state index in [1.807, 2.05) is 18.2 Å². The molecule has 0 radical (unpaired) electrons. The summed E-state index contributed by atoms with van der Waals surface area (Å²) in [5.74, 6) is 0.848. The van der Waals surface area contributed by atoms with E-state index in [4.69, 9.17) is 28.4 Å². The van der Waals surface area contributed by atoms with Gasteiger partial charge in [-0.05, 0) is 12.1 Å². The molecule has 0 N–H and O–H groups in total. The molecule has 0 aromatic heterocycles. The van der Waals surface area contributed by atoms with Crippen LogP contribution in [0.3, 0.4) is 0 Å². The Hall–Kier alpha value is -1.38. The number of anilines is 1. The van der Waals surface area contributed by atoms with Crippen molar-refractivity contribution in [3.8, 4) is 5.75 Å². The first-order chi connectivity index (χ1) is 12.9. The number of nitrogens with zero attached hydrogens (tertiary/aromatic N) is 1. The van der Waals surface area contributed by atoms with Crippen LogP contribution in [0.1, 0.15) is 0 Å². The summed E-state index contributed by atoms with van der Waals surface area (Å²) in [6, 6.07) is 7.99. The van der Waals surface area contributed by atoms with Gasteiger partial charge >= 0.3 is 0 Å². The van der Waals surface area contributed by atoms with Crippen molar-refractivity contribution >= 4 is 5.69 Å². The van der Waals surface area contributed by atoms with Crippen molar-refractivity contribution in [2.24, 2.45) is 0 Å². The molecule has 1 aromatic carbocycles. The second-order valence-corrected chi connectivity index (χ2v) is 5.72. The lowest BCUT2D eigenvalue weighted by Gasteiger charge is -2.26. The van der Waals surface area contributed by atoms with Gasteiger partial charge in [0.2, 0.25) is 0 Å². The van der Waals surface area contributed by atoms with Gasteiger partial charge in [-0.15, -0.1) is 0 Å². The lowest BCUT2D eigenvalue weighted by molar-refractivity contribution is -0.0116. The fourth-order valence-electron chi connectivity index (χ4n) is 2.57. The SMILES string of the molecule is COc1ccccc1N1CCOCCOCCOCCOCCOCC1. The number of methoxy groups -OCH3 is 1. The summed E-state index contributed by atoms with van der Waals surface area (Å²) in [5, 5.41) is 0. The Morgan fingerprint density at radius 1 is 0.654 bits per heavy atom. The third-order valence-corrected chi connectivity index (χ3v) is 3.92. The second kappa shape index (κ2) is 13.8. The molecule has 1 aliphatic heterocycles. The first kappa shape index (κ1) is 20.9. The first-order valence-corrected chi connectivity index (χ1v) is 9.18. The minimum Gasteiger partial charge on any atom is -0.495 e. The Morgan fingerprint density at radius 2 is 1.08 bits per heavy atom. The van der Waals surface area contributed by atoms with E-state index in [1.165, 1.54) is 0 Å². The third-order valence-electron chi connectivity index (χ3n) is 3.92. The van der Waals surface area contributed by atoms with E-state index in [1.54, 1.807) is 7.11 Å². The van der Waals surface area contributed by atoms with Crippen LogP contribution in [0.4, 0.5) is 5.69 Å². The summed E-state index contributed by atoms with van der Waals surface area (Å²) in [6.07, 6.45) is 0. The van der Waals surface area contributed by atoms with Crippen LogP contribution in [-0.2, 0) is 23.7 Å². The van der Waals surface area contributed by atoms with Gasteiger partial charge in [0, 0.05) is 13.1 Å². The predicted molar refractivity (Wildman–Crippen MR) is 99.3 cm³/mol. The third kappa shape index (κ3) is 8.33. The molecule has 7 heteroatoms. The molecule has 7 nitrogen and oxygen atoms in total. The molecule has 26 heavy (non-hydrogen) atoms. The summed E-state index contributed by atoms with van der Waals surface area (Å²) >= 11 is 0. The van der Waals surface area contributed by atoms with Crippen molar-refractivity contribution in [1.29, 1.82) is 0 Å². The van der Waals surface area contributed by atoms with E-state index >= 15 is 0 Å². The molecule has 0 unspecified atom stereocenters. The molecule has 0 saturated carbocycles. The summed E-state index contributed by atoms with van der Waals surface area (Å²) in [5.41, 5.74) is 1.04. The number of benzene rings is 1. The van der Waals surface area contributed by atoms with Gasteiger partial charge in [-0.3, -0.25) is 0 Å². The van der Waals surface area contributed by atoms with E-state index in [2.05, 4.69) is 11.0 Å². The molecule has 1 fully saturated rings. The highest BCUT2D eigenvalue weighted by Gasteiger charge is 2.11. The topological polar surface area (TPSA) is 58.6 Å². The Balaban J connectivity index is 1.87. The average Bonchev–Trinajstić information content (AvgIpc) is 2.68. The molecule has 2 rings (SSSR count). The van der Waals surface area contributed by atoms with E-state index in [0.29, 0.717) is 66.1 Å². The Labute approximate surface area is 156 Å². The van der Waals surface area contributed by atoms with E-state index in [-0.39, 0.29) is 0 Å². The van der Waals surface area contributed by atoms with Gasteiger partial charge in [0.15, 0.2) is 0 Å². The zero-order valence-electron chi connectivity index (χ0n) is 15.7. The maximum atomic E-state index is 5.70. The van der Waals surface area contributed by atoms with Crippen molar-refractivity contribution in [3.63, 3.8) is 0 Å². The minimum absolute atomic E-state index is 0.567. The number of para-hydroxylation sites is 2. The summed E-state index contributed by atoms with van der Waals surface area (Å²) < 4.78 is 33.3. The molecule has 0 amide bonds. The standard InChI is InChI=1S/C19H31NO6/c1-21-19-5-3-2-4-18(19)20-6-8-22-10-12-24-14-16-26-17-15-25-13-11-23-9-7-20/h2-5H,6-17H2,1H3. The van der Waals surface area contributed by atoms with E-state index in [0.717, 1.165) is 24.5 Å². The van der Waals surface area contributed by atoms with Crippen LogP contribution in [-0.4, -0.2) is 86.3 Å². The molecule has 1 saturated heterocycles. The zero-order valence-corrected chi connectivity index (χ0v) is 15.7. The zero-order chi connectivity index (χ0) is 18.3. The molecular formula is C19H31NO6. The number of hydrogen-bond donors (Lipinski definition) is 0. The van der Waals surface area contributed by atoms with Gasteiger partial charge < -0.3 is 33.3 Å². The van der Waals surface area contributed by atoms with Crippen molar-refractivity contribution in [1.82, 2.24) is 0 Å². The molecule has 0 bridgehead atoms. The monoisotopic (exact) mass is 369 g/mol. The molecule has 0 spiro atoms. The maximum absolute atomic E-state index is 5.70. The van der Waals surface area contributed by atoms with Gasteiger partial charge in [0.05, 0.1) is 78.9 Å². The van der Waals surface area contributed by atoms with Crippen LogP contribution in [0, 0.1) is 0 Å². The molecule has 1 aliphatic rings. The highest BCUT2D eigenvalue weighted by atomic mass is 16.6. The largest absolute Gasteiger partial charge is 0.495 e. The normalized spacial score (nSPS) is 20.1. The molecule has 148 valence electrons. The van der Waals surface area contributed by atoms with Crippen LogP contribution in [0.15, 0.2) is 24.3 Å². The predicted octanol–water partition coefficient (Wildman–Crippen LogP) is 1.60. The Morgan fingerprint density at radius 3 is 1.54 bits per heavy atom. The smallest absolute Gasteiger partial charge is 0.142 e. The van der Waals surface area contributed by atoms with Crippen molar-refractivity contribution in [2.45, 2.75) is 0 Å². The van der Waals surface area contributed by atoms with Gasteiger partial charge in [0.1, 0.15) is 5.75 Å². The summed E-state index contributed by atoms with van der Waals surface area (Å²) in [7, 11) is 1.69. The average molecular weight is 369 g/mol. The van der Waals surface area contributed by atoms with Crippen LogP contribution in [0.25, 0.3) is 0 Å². The fourth-order valence-corrected chi connectivity index (χ4v) is 2.57. The number of rotatable bonds is 2. The Bertz CT molecular complexity index is 455. The van der Waals surface area contributed by atoms with Crippen molar-refractivity contribution < 1.29 is 28.4 Å². The molecular weight excluding hydrogens is 338 g/mol. The maximum Gasteiger partial charge on any atom is 0.142 e. The van der Waals surface area contributed by atoms with Gasteiger partial charge in [-0.2, -0.15) is 0 Å². The minimum atomic E-state index is 0.567. The quantitative estimate of drug-likeness (QED) is 0.785. The number of hydrogen-bond acceptors (Lipinski definition) is 7. The summed E-state index contributed by atoms with van der Waals surface area (Å²) in [6.45, 7) is 7.28. The lowest BCUT2D eigenvalue weighted by Crippen LogP contribution is -2.32. The van der Waals surface area contributed by atoms with Crippen LogP contribution >= 0.6 is 0 Å². The molecule has 1 aromatic rings. The molecule has 0 aliphatic carbocycles. The van der Waals surface area contributed by atoms with Gasteiger partial charge in [-0.1, -0.05) is 12.1 Å². The van der Waals surface area contributed by atoms with Crippen molar-refractivity contribution in [2.75, 3.05) is 91.2 Å².